The highest BCUT2D eigenvalue weighted by Crippen LogP contribution is 2.26. The molecule has 1 amide bonds. The Morgan fingerprint density at radius 2 is 1.72 bits per heavy atom. The van der Waals surface area contributed by atoms with E-state index < -0.39 is 33.6 Å². The Labute approximate surface area is 169 Å². The van der Waals surface area contributed by atoms with Crippen LogP contribution in [0.2, 0.25) is 0 Å². The molecule has 2 aromatic carbocycles. The number of nitrogens with zero attached hydrogens (tertiary/aromatic N) is 1. The Morgan fingerprint density at radius 1 is 1.03 bits per heavy atom. The number of carbonyl (C=O) groups is 1. The summed E-state index contributed by atoms with van der Waals surface area (Å²) in [4.78, 5) is 12.8. The van der Waals surface area contributed by atoms with E-state index in [0.717, 1.165) is 53.6 Å². The zero-order valence-electron chi connectivity index (χ0n) is 16.6. The maximum Gasteiger partial charge on any atom is 0.244 e. The maximum absolute atomic E-state index is 13.6. The topological polar surface area (TPSA) is 66.5 Å². The minimum Gasteiger partial charge on any atom is -0.348 e. The van der Waals surface area contributed by atoms with Crippen molar-refractivity contribution in [2.75, 3.05) is 10.6 Å². The standard InChI is InChI=1S/C21H24F2N2O3S/c1-13(16-8-7-15-5-4-6-17(15)11-16)24-21(26)14(2)25(29(3,27)28)18-9-10-19(22)20(23)12-18/h7-14H,4-6H2,1-3H3,(H,24,26)/t13-,14-/m1/s1. The largest absolute Gasteiger partial charge is 0.348 e. The molecule has 0 saturated carbocycles. The molecular formula is C21H24F2N2O3S. The van der Waals surface area contributed by atoms with Crippen molar-refractivity contribution < 1.29 is 22.0 Å². The lowest BCUT2D eigenvalue weighted by molar-refractivity contribution is -0.122. The number of aryl methyl sites for hydroxylation is 2. The molecule has 1 aliphatic rings. The first kappa shape index (κ1) is 21.2. The van der Waals surface area contributed by atoms with E-state index in [4.69, 9.17) is 0 Å². The molecule has 0 saturated heterocycles. The van der Waals surface area contributed by atoms with Crippen molar-refractivity contribution in [3.63, 3.8) is 0 Å². The number of benzene rings is 2. The van der Waals surface area contributed by atoms with E-state index in [1.54, 1.807) is 0 Å². The molecule has 0 spiro atoms. The van der Waals surface area contributed by atoms with E-state index in [2.05, 4.69) is 17.4 Å². The lowest BCUT2D eigenvalue weighted by Gasteiger charge is -2.29. The van der Waals surface area contributed by atoms with Crippen molar-refractivity contribution >= 4 is 21.6 Å². The van der Waals surface area contributed by atoms with Crippen LogP contribution >= 0.6 is 0 Å². The normalized spacial score (nSPS) is 15.5. The van der Waals surface area contributed by atoms with Gasteiger partial charge in [0.05, 0.1) is 18.0 Å². The minimum atomic E-state index is -3.92. The maximum atomic E-state index is 13.6. The molecule has 0 fully saturated rings. The third kappa shape index (κ3) is 4.58. The van der Waals surface area contributed by atoms with Gasteiger partial charge in [0.2, 0.25) is 15.9 Å². The highest BCUT2D eigenvalue weighted by atomic mass is 32.2. The number of rotatable bonds is 6. The molecule has 29 heavy (non-hydrogen) atoms. The molecule has 0 aliphatic heterocycles. The van der Waals surface area contributed by atoms with Gasteiger partial charge in [-0.2, -0.15) is 0 Å². The Bertz CT molecular complexity index is 1040. The summed E-state index contributed by atoms with van der Waals surface area (Å²) >= 11 is 0. The number of hydrogen-bond acceptors (Lipinski definition) is 3. The number of hydrogen-bond donors (Lipinski definition) is 1. The number of carbonyl (C=O) groups excluding carboxylic acids is 1. The molecule has 0 aromatic heterocycles. The summed E-state index contributed by atoms with van der Waals surface area (Å²) in [5, 5.41) is 2.82. The van der Waals surface area contributed by atoms with Gasteiger partial charge in [0.1, 0.15) is 6.04 Å². The average Bonchev–Trinajstić information content (AvgIpc) is 3.11. The summed E-state index contributed by atoms with van der Waals surface area (Å²) in [7, 11) is -3.92. The summed E-state index contributed by atoms with van der Waals surface area (Å²) in [6, 6.07) is 7.35. The van der Waals surface area contributed by atoms with Gasteiger partial charge in [0.15, 0.2) is 11.6 Å². The summed E-state index contributed by atoms with van der Waals surface area (Å²) in [5.41, 5.74) is 3.42. The zero-order chi connectivity index (χ0) is 21.3. The van der Waals surface area contributed by atoms with Crippen molar-refractivity contribution in [3.8, 4) is 0 Å². The van der Waals surface area contributed by atoms with Gasteiger partial charge in [-0.25, -0.2) is 17.2 Å². The molecule has 156 valence electrons. The predicted molar refractivity (Wildman–Crippen MR) is 108 cm³/mol. The van der Waals surface area contributed by atoms with Gasteiger partial charge >= 0.3 is 0 Å². The van der Waals surface area contributed by atoms with Gasteiger partial charge in [-0.1, -0.05) is 18.2 Å². The van der Waals surface area contributed by atoms with Crippen molar-refractivity contribution in [2.45, 2.75) is 45.2 Å². The van der Waals surface area contributed by atoms with Crippen LogP contribution in [0.25, 0.3) is 0 Å². The molecule has 3 rings (SSSR count). The van der Waals surface area contributed by atoms with Gasteiger partial charge in [-0.3, -0.25) is 9.10 Å². The molecule has 0 radical (unpaired) electrons. The van der Waals surface area contributed by atoms with Crippen LogP contribution in [0.3, 0.4) is 0 Å². The summed E-state index contributed by atoms with van der Waals surface area (Å²) < 4.78 is 52.3. The van der Waals surface area contributed by atoms with Crippen molar-refractivity contribution in [3.05, 3.63) is 64.7 Å². The molecule has 2 atom stereocenters. The predicted octanol–water partition coefficient (Wildman–Crippen LogP) is 3.49. The Morgan fingerprint density at radius 3 is 2.38 bits per heavy atom. The minimum absolute atomic E-state index is 0.112. The van der Waals surface area contributed by atoms with E-state index in [1.807, 2.05) is 13.0 Å². The van der Waals surface area contributed by atoms with Crippen LogP contribution in [0, 0.1) is 11.6 Å². The number of fused-ring (bicyclic) bond motifs is 1. The molecule has 0 unspecified atom stereocenters. The summed E-state index contributed by atoms with van der Waals surface area (Å²) in [5.74, 6) is -2.81. The van der Waals surface area contributed by atoms with Crippen LogP contribution in [0.15, 0.2) is 36.4 Å². The van der Waals surface area contributed by atoms with Gasteiger partial charge < -0.3 is 5.32 Å². The lowest BCUT2D eigenvalue weighted by Crippen LogP contribution is -2.48. The highest BCUT2D eigenvalue weighted by molar-refractivity contribution is 7.92. The van der Waals surface area contributed by atoms with Crippen LogP contribution in [0.4, 0.5) is 14.5 Å². The van der Waals surface area contributed by atoms with Gasteiger partial charge in [-0.15, -0.1) is 0 Å². The van der Waals surface area contributed by atoms with Crippen LogP contribution in [-0.4, -0.2) is 26.6 Å². The zero-order valence-corrected chi connectivity index (χ0v) is 17.4. The lowest BCUT2D eigenvalue weighted by atomic mass is 10.0. The molecule has 1 N–H and O–H groups in total. The molecule has 5 nitrogen and oxygen atoms in total. The number of amides is 1. The monoisotopic (exact) mass is 422 g/mol. The second-order valence-corrected chi connectivity index (χ2v) is 9.30. The van der Waals surface area contributed by atoms with Crippen LogP contribution < -0.4 is 9.62 Å². The Balaban J connectivity index is 1.81. The first-order chi connectivity index (χ1) is 13.6. The molecule has 8 heteroatoms. The molecule has 0 bridgehead atoms. The summed E-state index contributed by atoms with van der Waals surface area (Å²) in [6.45, 7) is 3.23. The highest BCUT2D eigenvalue weighted by Gasteiger charge is 2.30. The van der Waals surface area contributed by atoms with Crippen LogP contribution in [-0.2, 0) is 27.7 Å². The van der Waals surface area contributed by atoms with E-state index in [9.17, 15) is 22.0 Å². The molecule has 0 heterocycles. The number of nitrogens with one attached hydrogen (secondary N) is 1. The number of sulfonamides is 1. The van der Waals surface area contributed by atoms with E-state index in [0.29, 0.717) is 0 Å². The van der Waals surface area contributed by atoms with Crippen LogP contribution in [0.5, 0.6) is 0 Å². The first-order valence-corrected chi connectivity index (χ1v) is 11.3. The number of halogens is 2. The molecule has 2 aromatic rings. The quantitative estimate of drug-likeness (QED) is 0.775. The van der Waals surface area contributed by atoms with E-state index in [1.165, 1.54) is 18.1 Å². The van der Waals surface area contributed by atoms with Gasteiger partial charge in [0.25, 0.3) is 0 Å². The third-order valence-corrected chi connectivity index (χ3v) is 6.47. The Kier molecular flexibility index (Phi) is 5.93. The van der Waals surface area contributed by atoms with Gasteiger partial charge in [-0.05, 0) is 61.9 Å². The van der Waals surface area contributed by atoms with Crippen LogP contribution in [0.1, 0.15) is 43.0 Å². The Hall–Kier alpha value is -2.48. The smallest absolute Gasteiger partial charge is 0.244 e. The summed E-state index contributed by atoms with van der Waals surface area (Å²) in [6.07, 6.45) is 4.11. The SMILES string of the molecule is C[C@H](C(=O)N[C@H](C)c1ccc2c(c1)CCC2)N(c1ccc(F)c(F)c1)S(C)(=O)=O. The first-order valence-electron chi connectivity index (χ1n) is 9.44. The average molecular weight is 422 g/mol. The fourth-order valence-corrected chi connectivity index (χ4v) is 4.88. The fraction of sp³-hybridized carbons (Fsp3) is 0.381. The van der Waals surface area contributed by atoms with Crippen molar-refractivity contribution in [2.24, 2.45) is 0 Å². The van der Waals surface area contributed by atoms with Crippen molar-refractivity contribution in [1.82, 2.24) is 5.32 Å². The van der Waals surface area contributed by atoms with Gasteiger partial charge in [0, 0.05) is 6.07 Å². The second kappa shape index (κ2) is 8.10. The molecule has 1 aliphatic carbocycles. The van der Waals surface area contributed by atoms with Crippen molar-refractivity contribution in [1.29, 1.82) is 0 Å². The molecular weight excluding hydrogens is 398 g/mol. The van der Waals surface area contributed by atoms with E-state index in [-0.39, 0.29) is 11.7 Å². The second-order valence-electron chi connectivity index (χ2n) is 7.45. The fourth-order valence-electron chi connectivity index (χ4n) is 3.71. The number of anilines is 1. The van der Waals surface area contributed by atoms with E-state index >= 15 is 0 Å². The third-order valence-electron chi connectivity index (χ3n) is 5.23.